The van der Waals surface area contributed by atoms with Crippen LogP contribution in [0.4, 0.5) is 0 Å². The molecule has 19 heavy (non-hydrogen) atoms. The van der Waals surface area contributed by atoms with Gasteiger partial charge in [0.25, 0.3) is 0 Å². The molecule has 0 aliphatic rings. The molecule has 0 amide bonds. The molecule has 0 unspecified atom stereocenters. The van der Waals surface area contributed by atoms with Crippen molar-refractivity contribution in [1.29, 1.82) is 0 Å². The predicted molar refractivity (Wildman–Crippen MR) is 78.5 cm³/mol. The highest BCUT2D eigenvalue weighted by Crippen LogP contribution is 2.30. The van der Waals surface area contributed by atoms with Crippen LogP contribution >= 0.6 is 15.9 Å². The lowest BCUT2D eigenvalue weighted by Crippen LogP contribution is -1.95. The molecule has 94 valence electrons. The second-order valence-electron chi connectivity index (χ2n) is 4.14. The van der Waals surface area contributed by atoms with Crippen LogP contribution in [-0.4, -0.2) is 9.97 Å². The van der Waals surface area contributed by atoms with Gasteiger partial charge in [0.1, 0.15) is 11.4 Å². The lowest BCUT2D eigenvalue weighted by molar-refractivity contribution is 0.455. The zero-order valence-electron chi connectivity index (χ0n) is 10.3. The van der Waals surface area contributed by atoms with Crippen LogP contribution in [0.3, 0.4) is 0 Å². The van der Waals surface area contributed by atoms with Gasteiger partial charge in [-0.05, 0) is 47.1 Å². The van der Waals surface area contributed by atoms with Crippen molar-refractivity contribution in [1.82, 2.24) is 9.97 Å². The highest BCUT2D eigenvalue weighted by atomic mass is 79.9. The lowest BCUT2D eigenvalue weighted by Gasteiger charge is -2.09. The van der Waals surface area contributed by atoms with Crippen molar-refractivity contribution >= 4 is 27.0 Å². The SMILES string of the molecule is Cc1nc2ccccc2nc1Oc1ccccc1Br. The number of para-hydroxylation sites is 3. The van der Waals surface area contributed by atoms with E-state index >= 15 is 0 Å². The minimum Gasteiger partial charge on any atom is -0.436 e. The maximum atomic E-state index is 5.83. The molecule has 0 saturated carbocycles. The summed E-state index contributed by atoms with van der Waals surface area (Å²) in [6, 6.07) is 15.4. The molecular weight excluding hydrogens is 304 g/mol. The van der Waals surface area contributed by atoms with E-state index in [0.29, 0.717) is 5.88 Å². The van der Waals surface area contributed by atoms with E-state index in [9.17, 15) is 0 Å². The van der Waals surface area contributed by atoms with Crippen molar-refractivity contribution in [3.05, 3.63) is 58.7 Å². The van der Waals surface area contributed by atoms with Gasteiger partial charge in [0.15, 0.2) is 0 Å². The van der Waals surface area contributed by atoms with Crippen LogP contribution in [0.1, 0.15) is 5.69 Å². The summed E-state index contributed by atoms with van der Waals surface area (Å²) < 4.78 is 6.72. The van der Waals surface area contributed by atoms with Crippen LogP contribution in [0.25, 0.3) is 11.0 Å². The number of aromatic nitrogens is 2. The number of rotatable bonds is 2. The number of halogens is 1. The van der Waals surface area contributed by atoms with E-state index in [-0.39, 0.29) is 0 Å². The summed E-state index contributed by atoms with van der Waals surface area (Å²) in [5.41, 5.74) is 2.48. The first kappa shape index (κ1) is 12.1. The molecule has 0 saturated heterocycles. The molecule has 0 N–H and O–H groups in total. The fraction of sp³-hybridized carbons (Fsp3) is 0.0667. The molecule has 2 aromatic carbocycles. The number of ether oxygens (including phenoxy) is 1. The fourth-order valence-electron chi connectivity index (χ4n) is 1.80. The average molecular weight is 315 g/mol. The molecule has 0 fully saturated rings. The lowest BCUT2D eigenvalue weighted by atomic mass is 10.3. The molecule has 0 aliphatic carbocycles. The van der Waals surface area contributed by atoms with E-state index in [2.05, 4.69) is 25.9 Å². The van der Waals surface area contributed by atoms with E-state index in [4.69, 9.17) is 4.74 Å². The average Bonchev–Trinajstić information content (AvgIpc) is 2.42. The van der Waals surface area contributed by atoms with Crippen molar-refractivity contribution in [3.63, 3.8) is 0 Å². The van der Waals surface area contributed by atoms with Crippen LogP contribution < -0.4 is 4.74 Å². The Balaban J connectivity index is 2.06. The Morgan fingerprint density at radius 3 is 2.26 bits per heavy atom. The summed E-state index contributed by atoms with van der Waals surface area (Å²) in [6.45, 7) is 1.89. The van der Waals surface area contributed by atoms with Crippen molar-refractivity contribution in [2.75, 3.05) is 0 Å². The molecule has 3 nitrogen and oxygen atoms in total. The summed E-state index contributed by atoms with van der Waals surface area (Å²) in [4.78, 5) is 9.00. The number of fused-ring (bicyclic) bond motifs is 1. The smallest absolute Gasteiger partial charge is 0.241 e. The Bertz CT molecular complexity index is 743. The summed E-state index contributed by atoms with van der Waals surface area (Å²) in [5, 5.41) is 0. The second kappa shape index (κ2) is 4.97. The minimum atomic E-state index is 0.533. The standard InChI is InChI=1S/C15H11BrN2O/c1-10-15(19-14-9-5-2-6-11(14)16)18-13-8-4-3-7-12(13)17-10/h2-9H,1H3. The van der Waals surface area contributed by atoms with Gasteiger partial charge < -0.3 is 4.74 Å². The highest BCUT2D eigenvalue weighted by molar-refractivity contribution is 9.10. The normalized spacial score (nSPS) is 10.6. The summed E-state index contributed by atoms with van der Waals surface area (Å²) >= 11 is 3.45. The number of benzene rings is 2. The Morgan fingerprint density at radius 1 is 0.895 bits per heavy atom. The summed E-state index contributed by atoms with van der Waals surface area (Å²) in [6.07, 6.45) is 0. The van der Waals surface area contributed by atoms with Crippen LogP contribution in [0.15, 0.2) is 53.0 Å². The summed E-state index contributed by atoms with van der Waals surface area (Å²) in [7, 11) is 0. The van der Waals surface area contributed by atoms with Gasteiger partial charge in [0, 0.05) is 0 Å². The molecule has 0 bridgehead atoms. The molecule has 3 aromatic rings. The second-order valence-corrected chi connectivity index (χ2v) is 4.99. The van der Waals surface area contributed by atoms with E-state index in [1.807, 2.05) is 55.5 Å². The Kier molecular flexibility index (Phi) is 3.17. The topological polar surface area (TPSA) is 35.0 Å². The van der Waals surface area contributed by atoms with Gasteiger partial charge in [-0.2, -0.15) is 0 Å². The van der Waals surface area contributed by atoms with Crippen molar-refractivity contribution < 1.29 is 4.74 Å². The zero-order valence-corrected chi connectivity index (χ0v) is 11.9. The van der Waals surface area contributed by atoms with Gasteiger partial charge in [-0.25, -0.2) is 9.97 Å². The maximum absolute atomic E-state index is 5.83. The third-order valence-electron chi connectivity index (χ3n) is 2.74. The van der Waals surface area contributed by atoms with Gasteiger partial charge in [-0.1, -0.05) is 24.3 Å². The third-order valence-corrected chi connectivity index (χ3v) is 3.40. The first-order valence-corrected chi connectivity index (χ1v) is 6.69. The number of hydrogen-bond donors (Lipinski definition) is 0. The zero-order chi connectivity index (χ0) is 13.2. The Hall–Kier alpha value is -1.94. The van der Waals surface area contributed by atoms with Gasteiger partial charge in [-0.15, -0.1) is 0 Å². The molecule has 0 spiro atoms. The summed E-state index contributed by atoms with van der Waals surface area (Å²) in [5.74, 6) is 1.26. The van der Waals surface area contributed by atoms with E-state index < -0.39 is 0 Å². The Labute approximate surface area is 119 Å². The molecule has 1 heterocycles. The fourth-order valence-corrected chi connectivity index (χ4v) is 2.17. The van der Waals surface area contributed by atoms with Gasteiger partial charge >= 0.3 is 0 Å². The Morgan fingerprint density at radius 2 is 1.53 bits per heavy atom. The van der Waals surface area contributed by atoms with Crippen LogP contribution in [0, 0.1) is 6.92 Å². The largest absolute Gasteiger partial charge is 0.436 e. The van der Waals surface area contributed by atoms with Crippen molar-refractivity contribution in [2.24, 2.45) is 0 Å². The molecule has 3 rings (SSSR count). The van der Waals surface area contributed by atoms with Gasteiger partial charge in [-0.3, -0.25) is 0 Å². The van der Waals surface area contributed by atoms with Gasteiger partial charge in [0.2, 0.25) is 5.88 Å². The number of nitrogens with zero attached hydrogens (tertiary/aromatic N) is 2. The van der Waals surface area contributed by atoms with Crippen molar-refractivity contribution in [2.45, 2.75) is 6.92 Å². The van der Waals surface area contributed by atoms with E-state index in [1.54, 1.807) is 0 Å². The maximum Gasteiger partial charge on any atom is 0.241 e. The number of hydrogen-bond acceptors (Lipinski definition) is 3. The first-order valence-electron chi connectivity index (χ1n) is 5.90. The van der Waals surface area contributed by atoms with Crippen LogP contribution in [-0.2, 0) is 0 Å². The molecule has 0 atom stereocenters. The van der Waals surface area contributed by atoms with Crippen molar-refractivity contribution in [3.8, 4) is 11.6 Å². The quantitative estimate of drug-likeness (QED) is 0.699. The monoisotopic (exact) mass is 314 g/mol. The minimum absolute atomic E-state index is 0.533. The molecule has 0 aliphatic heterocycles. The number of aryl methyl sites for hydroxylation is 1. The highest BCUT2D eigenvalue weighted by Gasteiger charge is 2.08. The van der Waals surface area contributed by atoms with E-state index in [0.717, 1.165) is 26.9 Å². The van der Waals surface area contributed by atoms with Crippen LogP contribution in [0.5, 0.6) is 11.6 Å². The molecular formula is C15H11BrN2O. The third kappa shape index (κ3) is 2.44. The van der Waals surface area contributed by atoms with Crippen LogP contribution in [0.2, 0.25) is 0 Å². The van der Waals surface area contributed by atoms with E-state index in [1.165, 1.54) is 0 Å². The molecule has 1 aromatic heterocycles. The predicted octanol–water partition coefficient (Wildman–Crippen LogP) is 4.49. The first-order chi connectivity index (χ1) is 9.24. The molecule has 0 radical (unpaired) electrons. The van der Waals surface area contributed by atoms with Gasteiger partial charge in [0.05, 0.1) is 15.5 Å². The molecule has 4 heteroatoms.